The number of benzene rings is 1. The van der Waals surface area contributed by atoms with Gasteiger partial charge in [0.1, 0.15) is 5.75 Å². The molecule has 0 aliphatic heterocycles. The van der Waals surface area contributed by atoms with Crippen molar-refractivity contribution >= 4 is 22.5 Å². The van der Waals surface area contributed by atoms with E-state index in [0.717, 1.165) is 17.1 Å². The first-order valence-corrected chi connectivity index (χ1v) is 5.90. The van der Waals surface area contributed by atoms with E-state index in [9.17, 15) is 0 Å². The first-order chi connectivity index (χ1) is 7.63. The Labute approximate surface area is 100 Å². The van der Waals surface area contributed by atoms with Crippen molar-refractivity contribution in [1.29, 1.82) is 5.41 Å². The van der Waals surface area contributed by atoms with Crippen molar-refractivity contribution in [3.63, 3.8) is 0 Å². The van der Waals surface area contributed by atoms with E-state index in [1.54, 1.807) is 7.11 Å². The molecule has 0 bridgehead atoms. The summed E-state index contributed by atoms with van der Waals surface area (Å²) in [6.07, 6.45) is 2.06. The van der Waals surface area contributed by atoms with Crippen molar-refractivity contribution in [3.8, 4) is 5.75 Å². The minimum Gasteiger partial charge on any atom is -0.497 e. The molecule has 1 aromatic rings. The summed E-state index contributed by atoms with van der Waals surface area (Å²) < 4.78 is 5.09. The van der Waals surface area contributed by atoms with Crippen LogP contribution >= 0.6 is 11.8 Å². The van der Waals surface area contributed by atoms with Gasteiger partial charge in [0.25, 0.3) is 0 Å². The van der Waals surface area contributed by atoms with Gasteiger partial charge >= 0.3 is 0 Å². The van der Waals surface area contributed by atoms with Gasteiger partial charge in [0.15, 0.2) is 5.17 Å². The van der Waals surface area contributed by atoms with Gasteiger partial charge in [-0.05, 0) is 30.2 Å². The van der Waals surface area contributed by atoms with E-state index in [1.165, 1.54) is 17.3 Å². The topological polar surface area (TPSA) is 59.1 Å². The van der Waals surface area contributed by atoms with Gasteiger partial charge in [-0.2, -0.15) is 0 Å². The number of rotatable bonds is 4. The fourth-order valence-electron chi connectivity index (χ4n) is 1.23. The molecule has 86 valence electrons. The lowest BCUT2D eigenvalue weighted by molar-refractivity contribution is 0.415. The summed E-state index contributed by atoms with van der Waals surface area (Å²) in [6, 6.07) is 7.90. The molecule has 1 rings (SSSR count). The summed E-state index contributed by atoms with van der Waals surface area (Å²) in [5.41, 5.74) is 7.59. The third-order valence-corrected chi connectivity index (χ3v) is 2.82. The predicted molar refractivity (Wildman–Crippen MR) is 71.0 cm³/mol. The van der Waals surface area contributed by atoms with E-state index < -0.39 is 0 Å². The zero-order valence-corrected chi connectivity index (χ0v) is 10.3. The highest BCUT2D eigenvalue weighted by Gasteiger charge is 1.96. The zero-order chi connectivity index (χ0) is 12.0. The highest BCUT2D eigenvalue weighted by molar-refractivity contribution is 8.13. The van der Waals surface area contributed by atoms with Crippen LogP contribution in [0.5, 0.6) is 5.75 Å². The minimum absolute atomic E-state index is 0.152. The maximum absolute atomic E-state index is 7.09. The molecule has 0 aliphatic rings. The second kappa shape index (κ2) is 6.23. The van der Waals surface area contributed by atoms with Gasteiger partial charge in [-0.15, -0.1) is 0 Å². The molecule has 16 heavy (non-hydrogen) atoms. The molecule has 0 heterocycles. The third kappa shape index (κ3) is 3.98. The van der Waals surface area contributed by atoms with Crippen LogP contribution in [0.2, 0.25) is 0 Å². The molecule has 0 amide bonds. The van der Waals surface area contributed by atoms with E-state index >= 15 is 0 Å². The van der Waals surface area contributed by atoms with Gasteiger partial charge < -0.3 is 10.5 Å². The van der Waals surface area contributed by atoms with Crippen molar-refractivity contribution in [2.75, 3.05) is 12.9 Å². The lowest BCUT2D eigenvalue weighted by atomic mass is 10.1. The number of amidine groups is 1. The first-order valence-electron chi connectivity index (χ1n) is 4.91. The summed E-state index contributed by atoms with van der Waals surface area (Å²) in [6.45, 7) is 2.04. The van der Waals surface area contributed by atoms with E-state index in [-0.39, 0.29) is 5.17 Å². The van der Waals surface area contributed by atoms with Gasteiger partial charge in [0.05, 0.1) is 7.11 Å². The molecule has 0 aliphatic carbocycles. The molecule has 0 saturated heterocycles. The number of hydrogen-bond donors (Lipinski definition) is 2. The average Bonchev–Trinajstić information content (AvgIpc) is 2.28. The lowest BCUT2D eigenvalue weighted by Gasteiger charge is -2.03. The molecule has 0 aromatic heterocycles. The monoisotopic (exact) mass is 236 g/mol. The fourth-order valence-corrected chi connectivity index (χ4v) is 1.74. The SMILES string of the molecule is COc1ccc(C(C)=CCSC(=N)N)cc1. The average molecular weight is 236 g/mol. The van der Waals surface area contributed by atoms with Gasteiger partial charge in [0.2, 0.25) is 0 Å². The van der Waals surface area contributed by atoms with Crippen LogP contribution < -0.4 is 10.5 Å². The molecular weight excluding hydrogens is 220 g/mol. The molecule has 0 atom stereocenters. The number of ether oxygens (including phenoxy) is 1. The number of methoxy groups -OCH3 is 1. The van der Waals surface area contributed by atoms with E-state index in [2.05, 4.69) is 6.08 Å². The van der Waals surface area contributed by atoms with Gasteiger partial charge in [-0.1, -0.05) is 30.0 Å². The molecule has 0 spiro atoms. The van der Waals surface area contributed by atoms with Crippen molar-refractivity contribution in [1.82, 2.24) is 0 Å². The number of nitrogens with two attached hydrogens (primary N) is 1. The van der Waals surface area contributed by atoms with Crippen LogP contribution in [0.3, 0.4) is 0 Å². The Hall–Kier alpha value is -1.42. The van der Waals surface area contributed by atoms with Crippen LogP contribution in [0.15, 0.2) is 30.3 Å². The molecule has 0 radical (unpaired) electrons. The largest absolute Gasteiger partial charge is 0.497 e. The Morgan fingerprint density at radius 1 is 1.44 bits per heavy atom. The van der Waals surface area contributed by atoms with Crippen LogP contribution in [0.25, 0.3) is 5.57 Å². The Bertz CT molecular complexity index is 385. The summed E-state index contributed by atoms with van der Waals surface area (Å²) in [4.78, 5) is 0. The van der Waals surface area contributed by atoms with Crippen molar-refractivity contribution in [2.24, 2.45) is 5.73 Å². The molecule has 3 nitrogen and oxygen atoms in total. The molecule has 0 fully saturated rings. The number of nitrogens with one attached hydrogen (secondary N) is 1. The summed E-state index contributed by atoms with van der Waals surface area (Å²) in [5, 5.41) is 7.24. The molecule has 0 saturated carbocycles. The van der Waals surface area contributed by atoms with Crippen molar-refractivity contribution < 1.29 is 4.74 Å². The van der Waals surface area contributed by atoms with Gasteiger partial charge in [-0.3, -0.25) is 5.41 Å². The molecule has 3 N–H and O–H groups in total. The van der Waals surface area contributed by atoms with Crippen LogP contribution in [0.4, 0.5) is 0 Å². The van der Waals surface area contributed by atoms with Crippen LogP contribution in [-0.4, -0.2) is 18.0 Å². The van der Waals surface area contributed by atoms with Crippen molar-refractivity contribution in [2.45, 2.75) is 6.92 Å². The number of thioether (sulfide) groups is 1. The highest BCUT2D eigenvalue weighted by Crippen LogP contribution is 2.18. The summed E-state index contributed by atoms with van der Waals surface area (Å²) in [5.74, 6) is 1.59. The number of hydrogen-bond acceptors (Lipinski definition) is 3. The van der Waals surface area contributed by atoms with E-state index in [4.69, 9.17) is 15.9 Å². The predicted octanol–water partition coefficient (Wildman–Crippen LogP) is 2.73. The third-order valence-electron chi connectivity index (χ3n) is 2.17. The minimum atomic E-state index is 0.152. The number of allylic oxidation sites excluding steroid dienone is 1. The molecule has 4 heteroatoms. The maximum atomic E-state index is 7.09. The van der Waals surface area contributed by atoms with E-state index in [1.807, 2.05) is 31.2 Å². The first kappa shape index (κ1) is 12.6. The Morgan fingerprint density at radius 2 is 2.06 bits per heavy atom. The lowest BCUT2D eigenvalue weighted by Crippen LogP contribution is -2.03. The van der Waals surface area contributed by atoms with Crippen molar-refractivity contribution in [3.05, 3.63) is 35.9 Å². The molecule has 0 unspecified atom stereocenters. The molecule has 1 aromatic carbocycles. The Balaban J connectivity index is 2.64. The zero-order valence-electron chi connectivity index (χ0n) is 9.49. The normalized spacial score (nSPS) is 11.2. The van der Waals surface area contributed by atoms with E-state index in [0.29, 0.717) is 0 Å². The Kier molecular flexibility index (Phi) is 4.92. The van der Waals surface area contributed by atoms with Crippen LogP contribution in [-0.2, 0) is 0 Å². The highest BCUT2D eigenvalue weighted by atomic mass is 32.2. The second-order valence-electron chi connectivity index (χ2n) is 3.29. The standard InChI is InChI=1S/C12H16N2OS/c1-9(7-8-16-12(13)14)10-3-5-11(15-2)6-4-10/h3-7H,8H2,1-2H3,(H3,13,14). The van der Waals surface area contributed by atoms with Crippen LogP contribution in [0.1, 0.15) is 12.5 Å². The van der Waals surface area contributed by atoms with Gasteiger partial charge in [0, 0.05) is 5.75 Å². The summed E-state index contributed by atoms with van der Waals surface area (Å²) in [7, 11) is 1.65. The molecular formula is C12H16N2OS. The maximum Gasteiger partial charge on any atom is 0.151 e. The second-order valence-corrected chi connectivity index (χ2v) is 4.35. The van der Waals surface area contributed by atoms with Crippen LogP contribution in [0, 0.1) is 5.41 Å². The quantitative estimate of drug-likeness (QED) is 0.624. The summed E-state index contributed by atoms with van der Waals surface area (Å²) >= 11 is 1.32. The fraction of sp³-hybridized carbons (Fsp3) is 0.250. The smallest absolute Gasteiger partial charge is 0.151 e. The Morgan fingerprint density at radius 3 is 2.56 bits per heavy atom. The van der Waals surface area contributed by atoms with Gasteiger partial charge in [-0.25, -0.2) is 0 Å².